The lowest BCUT2D eigenvalue weighted by Gasteiger charge is -2.06. The standard InChI is InChI=1S/C14H10N2O4S/c17-11-6-7-1-2-8(5-10(7)15-11)12(18)16-13-9(14(19)20)3-4-21-13/h1-5H,6H2,(H,15,17)(H,16,18)(H,19,20). The molecule has 0 radical (unpaired) electrons. The second kappa shape index (κ2) is 5.02. The predicted molar refractivity (Wildman–Crippen MR) is 78.0 cm³/mol. The zero-order valence-corrected chi connectivity index (χ0v) is 11.5. The van der Waals surface area contributed by atoms with E-state index < -0.39 is 11.9 Å². The van der Waals surface area contributed by atoms with Crippen LogP contribution in [0.3, 0.4) is 0 Å². The molecular weight excluding hydrogens is 292 g/mol. The maximum atomic E-state index is 12.2. The Morgan fingerprint density at radius 3 is 2.86 bits per heavy atom. The number of amides is 2. The van der Waals surface area contributed by atoms with Gasteiger partial charge in [0.1, 0.15) is 5.00 Å². The third kappa shape index (κ3) is 2.50. The van der Waals surface area contributed by atoms with E-state index in [1.807, 2.05) is 0 Å². The molecule has 21 heavy (non-hydrogen) atoms. The van der Waals surface area contributed by atoms with Crippen LogP contribution in [0.5, 0.6) is 0 Å². The van der Waals surface area contributed by atoms with Crippen LogP contribution in [0.4, 0.5) is 10.7 Å². The van der Waals surface area contributed by atoms with Crippen LogP contribution in [0, 0.1) is 0 Å². The van der Waals surface area contributed by atoms with Crippen LogP contribution >= 0.6 is 11.3 Å². The molecule has 0 saturated heterocycles. The van der Waals surface area contributed by atoms with Crippen molar-refractivity contribution in [2.24, 2.45) is 0 Å². The highest BCUT2D eigenvalue weighted by molar-refractivity contribution is 7.14. The zero-order valence-electron chi connectivity index (χ0n) is 10.7. The molecule has 0 unspecified atom stereocenters. The Hall–Kier alpha value is -2.67. The lowest BCUT2D eigenvalue weighted by Crippen LogP contribution is -2.13. The minimum atomic E-state index is -1.09. The van der Waals surface area contributed by atoms with Crippen LogP contribution in [0.2, 0.25) is 0 Å². The van der Waals surface area contributed by atoms with E-state index in [-0.39, 0.29) is 16.5 Å². The SMILES string of the molecule is O=C1Cc2ccc(C(=O)Nc3sccc3C(=O)O)cc2N1. The number of thiophene rings is 1. The number of rotatable bonds is 3. The molecule has 1 aromatic heterocycles. The maximum absolute atomic E-state index is 12.2. The fourth-order valence-electron chi connectivity index (χ4n) is 2.11. The fourth-order valence-corrected chi connectivity index (χ4v) is 2.88. The van der Waals surface area contributed by atoms with Gasteiger partial charge in [-0.25, -0.2) is 4.79 Å². The topological polar surface area (TPSA) is 95.5 Å². The van der Waals surface area contributed by atoms with Crippen molar-refractivity contribution in [2.75, 3.05) is 10.6 Å². The Morgan fingerprint density at radius 1 is 1.29 bits per heavy atom. The second-order valence-corrected chi connectivity index (χ2v) is 5.44. The summed E-state index contributed by atoms with van der Waals surface area (Å²) in [7, 11) is 0. The minimum Gasteiger partial charge on any atom is -0.478 e. The van der Waals surface area contributed by atoms with Crippen molar-refractivity contribution in [3.63, 3.8) is 0 Å². The number of aromatic carboxylic acids is 1. The smallest absolute Gasteiger partial charge is 0.338 e. The van der Waals surface area contributed by atoms with Crippen molar-refractivity contribution in [2.45, 2.75) is 6.42 Å². The Morgan fingerprint density at radius 2 is 2.10 bits per heavy atom. The van der Waals surface area contributed by atoms with E-state index in [0.29, 0.717) is 17.7 Å². The van der Waals surface area contributed by atoms with Gasteiger partial charge in [-0.15, -0.1) is 11.3 Å². The summed E-state index contributed by atoms with van der Waals surface area (Å²) in [5.41, 5.74) is 1.89. The molecule has 2 amide bonds. The van der Waals surface area contributed by atoms with Gasteiger partial charge in [0.15, 0.2) is 0 Å². The van der Waals surface area contributed by atoms with Crippen LogP contribution in [-0.2, 0) is 11.2 Å². The number of nitrogens with one attached hydrogen (secondary N) is 2. The Labute approximate surface area is 123 Å². The molecule has 106 valence electrons. The first kappa shape index (κ1) is 13.3. The summed E-state index contributed by atoms with van der Waals surface area (Å²) in [6.07, 6.45) is 0.311. The number of carbonyl (C=O) groups is 3. The van der Waals surface area contributed by atoms with E-state index in [4.69, 9.17) is 5.11 Å². The molecule has 7 heteroatoms. The highest BCUT2D eigenvalue weighted by Gasteiger charge is 2.20. The van der Waals surface area contributed by atoms with Gasteiger partial charge in [-0.3, -0.25) is 9.59 Å². The van der Waals surface area contributed by atoms with Gasteiger partial charge in [-0.1, -0.05) is 6.07 Å². The van der Waals surface area contributed by atoms with E-state index in [1.54, 1.807) is 23.6 Å². The van der Waals surface area contributed by atoms with E-state index in [2.05, 4.69) is 10.6 Å². The molecule has 1 aromatic carbocycles. The summed E-state index contributed by atoms with van der Waals surface area (Å²) < 4.78 is 0. The van der Waals surface area contributed by atoms with Crippen molar-refractivity contribution in [1.29, 1.82) is 0 Å². The molecule has 2 aromatic rings. The van der Waals surface area contributed by atoms with Gasteiger partial charge >= 0.3 is 5.97 Å². The average Bonchev–Trinajstić information content (AvgIpc) is 3.02. The van der Waals surface area contributed by atoms with Crippen LogP contribution in [-0.4, -0.2) is 22.9 Å². The van der Waals surface area contributed by atoms with Crippen LogP contribution in [0.25, 0.3) is 0 Å². The lowest BCUT2D eigenvalue weighted by atomic mass is 10.1. The first-order chi connectivity index (χ1) is 10.0. The summed E-state index contributed by atoms with van der Waals surface area (Å²) in [5, 5.41) is 16.1. The molecule has 6 nitrogen and oxygen atoms in total. The molecule has 0 spiro atoms. The maximum Gasteiger partial charge on any atom is 0.338 e. The van der Waals surface area contributed by atoms with Gasteiger partial charge in [0.05, 0.1) is 12.0 Å². The third-order valence-corrected chi connectivity index (χ3v) is 3.95. The summed E-state index contributed by atoms with van der Waals surface area (Å²) in [4.78, 5) is 34.4. The molecule has 1 aliphatic heterocycles. The number of anilines is 2. The summed E-state index contributed by atoms with van der Waals surface area (Å²) in [5.74, 6) is -1.61. The summed E-state index contributed by atoms with van der Waals surface area (Å²) >= 11 is 1.14. The lowest BCUT2D eigenvalue weighted by molar-refractivity contribution is -0.115. The largest absolute Gasteiger partial charge is 0.478 e. The van der Waals surface area contributed by atoms with Crippen molar-refractivity contribution < 1.29 is 19.5 Å². The second-order valence-electron chi connectivity index (χ2n) is 4.52. The Kier molecular flexibility index (Phi) is 3.19. The number of carboxylic acid groups (broad SMARTS) is 1. The van der Waals surface area contributed by atoms with Gasteiger partial charge in [0.2, 0.25) is 5.91 Å². The number of hydrogen-bond acceptors (Lipinski definition) is 4. The van der Waals surface area contributed by atoms with Gasteiger partial charge in [0.25, 0.3) is 5.91 Å². The number of benzene rings is 1. The zero-order chi connectivity index (χ0) is 15.0. The van der Waals surface area contributed by atoms with Crippen LogP contribution < -0.4 is 10.6 Å². The van der Waals surface area contributed by atoms with Gasteiger partial charge < -0.3 is 15.7 Å². The Balaban J connectivity index is 1.83. The number of carbonyl (C=O) groups excluding carboxylic acids is 2. The fraction of sp³-hybridized carbons (Fsp3) is 0.0714. The van der Waals surface area contributed by atoms with Crippen molar-refractivity contribution in [3.05, 3.63) is 46.3 Å². The third-order valence-electron chi connectivity index (χ3n) is 3.12. The molecular formula is C14H10N2O4S. The molecule has 0 bridgehead atoms. The monoisotopic (exact) mass is 302 g/mol. The predicted octanol–water partition coefficient (Wildman–Crippen LogP) is 2.19. The van der Waals surface area contributed by atoms with Crippen molar-refractivity contribution >= 4 is 39.8 Å². The minimum absolute atomic E-state index is 0.0582. The van der Waals surface area contributed by atoms with E-state index in [0.717, 1.165) is 16.9 Å². The molecule has 0 saturated carbocycles. The van der Waals surface area contributed by atoms with Gasteiger partial charge in [-0.05, 0) is 29.1 Å². The highest BCUT2D eigenvalue weighted by atomic mass is 32.1. The Bertz CT molecular complexity index is 766. The molecule has 2 heterocycles. The molecule has 3 N–H and O–H groups in total. The van der Waals surface area contributed by atoms with Gasteiger partial charge in [-0.2, -0.15) is 0 Å². The van der Waals surface area contributed by atoms with Crippen molar-refractivity contribution in [1.82, 2.24) is 0 Å². The average molecular weight is 302 g/mol. The quantitative estimate of drug-likeness (QED) is 0.810. The molecule has 0 fully saturated rings. The number of hydrogen-bond donors (Lipinski definition) is 3. The highest BCUT2D eigenvalue weighted by Crippen LogP contribution is 2.26. The molecule has 0 atom stereocenters. The number of carboxylic acids is 1. The van der Waals surface area contributed by atoms with E-state index in [1.165, 1.54) is 6.07 Å². The molecule has 1 aliphatic rings. The first-order valence-electron chi connectivity index (χ1n) is 6.09. The number of fused-ring (bicyclic) bond motifs is 1. The van der Waals surface area contributed by atoms with Gasteiger partial charge in [0, 0.05) is 11.3 Å². The van der Waals surface area contributed by atoms with E-state index in [9.17, 15) is 14.4 Å². The molecule has 0 aliphatic carbocycles. The first-order valence-corrected chi connectivity index (χ1v) is 6.97. The summed E-state index contributed by atoms with van der Waals surface area (Å²) in [6, 6.07) is 6.35. The van der Waals surface area contributed by atoms with Crippen molar-refractivity contribution in [3.8, 4) is 0 Å². The van der Waals surface area contributed by atoms with E-state index >= 15 is 0 Å². The molecule has 3 rings (SSSR count). The van der Waals surface area contributed by atoms with Crippen LogP contribution in [0.15, 0.2) is 29.6 Å². The van der Waals surface area contributed by atoms with Crippen LogP contribution in [0.1, 0.15) is 26.3 Å². The summed E-state index contributed by atoms with van der Waals surface area (Å²) in [6.45, 7) is 0. The normalized spacial score (nSPS) is 12.7.